The molecule has 0 unspecified atom stereocenters. The van der Waals surface area contributed by atoms with Crippen molar-refractivity contribution in [3.63, 3.8) is 0 Å². The summed E-state index contributed by atoms with van der Waals surface area (Å²) in [6.07, 6.45) is -2.53. The molecule has 0 spiro atoms. The smallest absolute Gasteiger partial charge is 0.416 e. The molecule has 38 heavy (non-hydrogen) atoms. The summed E-state index contributed by atoms with van der Waals surface area (Å²) >= 11 is 0. The second kappa shape index (κ2) is 12.6. The zero-order chi connectivity index (χ0) is 27.7. The van der Waals surface area contributed by atoms with E-state index >= 15 is 0 Å². The second-order valence-electron chi connectivity index (χ2n) is 7.75. The molecular formula is C26H24F3N3O6. The Balaban J connectivity index is 1.65. The zero-order valence-electron chi connectivity index (χ0n) is 20.4. The Bertz CT molecular complexity index is 1310. The minimum absolute atomic E-state index is 0.155. The normalized spacial score (nSPS) is 11.3. The Morgan fingerprint density at radius 1 is 1.00 bits per heavy atom. The van der Waals surface area contributed by atoms with Gasteiger partial charge in [-0.3, -0.25) is 14.9 Å². The molecule has 9 nitrogen and oxygen atoms in total. The van der Waals surface area contributed by atoms with Gasteiger partial charge in [0.2, 0.25) is 5.75 Å². The van der Waals surface area contributed by atoms with E-state index in [2.05, 4.69) is 10.5 Å². The lowest BCUT2D eigenvalue weighted by atomic mass is 10.2. The van der Waals surface area contributed by atoms with Crippen molar-refractivity contribution in [1.82, 2.24) is 5.43 Å². The number of nitrogens with one attached hydrogen (secondary N) is 1. The van der Waals surface area contributed by atoms with Gasteiger partial charge in [-0.15, -0.1) is 0 Å². The fourth-order valence-corrected chi connectivity index (χ4v) is 3.15. The summed E-state index contributed by atoms with van der Waals surface area (Å²) in [5, 5.41) is 15.1. The van der Waals surface area contributed by atoms with Crippen LogP contribution in [0.1, 0.15) is 41.8 Å². The van der Waals surface area contributed by atoms with Crippen LogP contribution in [-0.4, -0.2) is 30.3 Å². The maximum atomic E-state index is 12.9. The molecule has 200 valence electrons. The van der Waals surface area contributed by atoms with Gasteiger partial charge < -0.3 is 14.2 Å². The largest absolute Gasteiger partial charge is 0.490 e. The third-order valence-corrected chi connectivity index (χ3v) is 4.94. The fraction of sp³-hybridized carbons (Fsp3) is 0.231. The molecule has 0 aliphatic rings. The molecular weight excluding hydrogens is 507 g/mol. The second-order valence-corrected chi connectivity index (χ2v) is 7.75. The van der Waals surface area contributed by atoms with Crippen molar-refractivity contribution < 1.29 is 37.1 Å². The third-order valence-electron chi connectivity index (χ3n) is 4.94. The van der Waals surface area contributed by atoms with Gasteiger partial charge in [-0.2, -0.15) is 18.3 Å². The molecule has 12 heteroatoms. The summed E-state index contributed by atoms with van der Waals surface area (Å²) in [6, 6.07) is 12.8. The van der Waals surface area contributed by atoms with E-state index in [4.69, 9.17) is 14.2 Å². The van der Waals surface area contributed by atoms with Gasteiger partial charge in [0, 0.05) is 11.6 Å². The maximum Gasteiger partial charge on any atom is 0.416 e. The highest BCUT2D eigenvalue weighted by molar-refractivity contribution is 5.95. The Hall–Kier alpha value is -4.61. The number of rotatable bonds is 11. The molecule has 0 bridgehead atoms. The van der Waals surface area contributed by atoms with E-state index in [1.807, 2.05) is 13.8 Å². The number of nitro benzene ring substituents is 1. The number of hydrogen-bond donors (Lipinski definition) is 1. The van der Waals surface area contributed by atoms with Crippen LogP contribution >= 0.6 is 0 Å². The van der Waals surface area contributed by atoms with E-state index in [0.717, 1.165) is 12.5 Å². The molecule has 0 radical (unpaired) electrons. The zero-order valence-corrected chi connectivity index (χ0v) is 20.4. The van der Waals surface area contributed by atoms with Crippen LogP contribution in [0.4, 0.5) is 18.9 Å². The minimum atomic E-state index is -4.72. The van der Waals surface area contributed by atoms with E-state index < -0.39 is 28.3 Å². The lowest BCUT2D eigenvalue weighted by Crippen LogP contribution is -2.17. The lowest BCUT2D eigenvalue weighted by Gasteiger charge is -2.12. The van der Waals surface area contributed by atoms with Gasteiger partial charge in [0.25, 0.3) is 5.91 Å². The number of alkyl halides is 3. The van der Waals surface area contributed by atoms with Gasteiger partial charge in [0.05, 0.1) is 29.9 Å². The molecule has 0 aliphatic carbocycles. The molecule has 0 saturated heterocycles. The molecule has 1 amide bonds. The van der Waals surface area contributed by atoms with Gasteiger partial charge in [-0.1, -0.05) is 6.92 Å². The molecule has 3 aromatic rings. The van der Waals surface area contributed by atoms with Crippen molar-refractivity contribution in [1.29, 1.82) is 0 Å². The van der Waals surface area contributed by atoms with E-state index in [1.54, 1.807) is 30.3 Å². The quantitative estimate of drug-likeness (QED) is 0.175. The Morgan fingerprint density at radius 2 is 1.71 bits per heavy atom. The van der Waals surface area contributed by atoms with Crippen LogP contribution in [0.15, 0.2) is 65.8 Å². The van der Waals surface area contributed by atoms with Gasteiger partial charge in [0.1, 0.15) is 5.75 Å². The summed E-state index contributed by atoms with van der Waals surface area (Å²) < 4.78 is 55.2. The number of ether oxygens (including phenoxy) is 3. The van der Waals surface area contributed by atoms with Crippen LogP contribution in [0, 0.1) is 10.1 Å². The molecule has 0 fully saturated rings. The molecule has 1 N–H and O–H groups in total. The number of nitrogens with zero attached hydrogens (tertiary/aromatic N) is 2. The Morgan fingerprint density at radius 3 is 2.34 bits per heavy atom. The average Bonchev–Trinajstić information content (AvgIpc) is 2.88. The van der Waals surface area contributed by atoms with Gasteiger partial charge in [-0.05, 0) is 73.5 Å². The van der Waals surface area contributed by atoms with Crippen LogP contribution in [0.5, 0.6) is 23.0 Å². The predicted molar refractivity (Wildman–Crippen MR) is 133 cm³/mol. The number of carbonyl (C=O) groups is 1. The highest BCUT2D eigenvalue weighted by atomic mass is 19.4. The number of benzene rings is 3. The molecule has 0 saturated carbocycles. The SMILES string of the molecule is CCCOc1ccc(C(=O)N/N=C/c2ccc(Oc3ccc(C(F)(F)F)cc3[N+](=O)[O-])cc2)cc1OCC. The number of amides is 1. The number of halogens is 3. The standard InChI is InChI=1S/C26H24F3N3O6/c1-3-13-37-23-11-7-18(14-24(23)36-4-2)25(33)31-30-16-17-5-9-20(10-6-17)38-22-12-8-19(26(27,28)29)15-21(22)32(34)35/h5-12,14-16H,3-4,13H2,1-2H3,(H,31,33)/b30-16+. The van der Waals surface area contributed by atoms with Crippen LogP contribution in [-0.2, 0) is 6.18 Å². The monoisotopic (exact) mass is 531 g/mol. The molecule has 3 rings (SSSR count). The van der Waals surface area contributed by atoms with Crippen molar-refractivity contribution in [3.8, 4) is 23.0 Å². The number of carbonyl (C=O) groups excluding carboxylic acids is 1. The predicted octanol–water partition coefficient (Wildman–Crippen LogP) is 6.36. The number of nitro groups is 1. The van der Waals surface area contributed by atoms with Crippen LogP contribution in [0.25, 0.3) is 0 Å². The lowest BCUT2D eigenvalue weighted by molar-refractivity contribution is -0.385. The fourth-order valence-electron chi connectivity index (χ4n) is 3.15. The first-order valence-corrected chi connectivity index (χ1v) is 11.5. The third kappa shape index (κ3) is 7.45. The van der Waals surface area contributed by atoms with Crippen LogP contribution in [0.3, 0.4) is 0 Å². The first-order chi connectivity index (χ1) is 18.1. The van der Waals surface area contributed by atoms with Gasteiger partial charge >= 0.3 is 11.9 Å². The van der Waals surface area contributed by atoms with Gasteiger partial charge in [0.15, 0.2) is 11.5 Å². The van der Waals surface area contributed by atoms with Crippen LogP contribution in [0.2, 0.25) is 0 Å². The first kappa shape index (κ1) is 28.0. The maximum absolute atomic E-state index is 12.9. The Kier molecular flexibility index (Phi) is 9.25. The molecule has 0 atom stereocenters. The minimum Gasteiger partial charge on any atom is -0.490 e. The van der Waals surface area contributed by atoms with Crippen LogP contribution < -0.4 is 19.6 Å². The van der Waals surface area contributed by atoms with E-state index in [0.29, 0.717) is 48.0 Å². The molecule has 3 aromatic carbocycles. The summed E-state index contributed by atoms with van der Waals surface area (Å²) in [6.45, 7) is 4.71. The summed E-state index contributed by atoms with van der Waals surface area (Å²) in [7, 11) is 0. The summed E-state index contributed by atoms with van der Waals surface area (Å²) in [5.74, 6) is 0.329. The van der Waals surface area contributed by atoms with E-state index in [9.17, 15) is 28.1 Å². The summed E-state index contributed by atoms with van der Waals surface area (Å²) in [5.41, 5.74) is 1.31. The van der Waals surface area contributed by atoms with Crippen molar-refractivity contribution in [2.45, 2.75) is 26.4 Å². The van der Waals surface area contributed by atoms with Crippen molar-refractivity contribution in [2.24, 2.45) is 5.10 Å². The Labute approximate surface area is 216 Å². The van der Waals surface area contributed by atoms with E-state index in [1.165, 1.54) is 18.3 Å². The van der Waals surface area contributed by atoms with E-state index in [-0.39, 0.29) is 11.5 Å². The highest BCUT2D eigenvalue weighted by Crippen LogP contribution is 2.37. The van der Waals surface area contributed by atoms with Crippen molar-refractivity contribution >= 4 is 17.8 Å². The number of hydrogen-bond acceptors (Lipinski definition) is 7. The topological polar surface area (TPSA) is 112 Å². The summed E-state index contributed by atoms with van der Waals surface area (Å²) in [4.78, 5) is 22.8. The molecule has 0 aromatic heterocycles. The molecule has 0 aliphatic heterocycles. The van der Waals surface area contributed by atoms with Crippen molar-refractivity contribution in [2.75, 3.05) is 13.2 Å². The van der Waals surface area contributed by atoms with Crippen molar-refractivity contribution in [3.05, 3.63) is 87.5 Å². The highest BCUT2D eigenvalue weighted by Gasteiger charge is 2.33. The first-order valence-electron chi connectivity index (χ1n) is 11.5. The molecule has 0 heterocycles. The average molecular weight is 531 g/mol. The number of hydrazone groups is 1. The van der Waals surface area contributed by atoms with Gasteiger partial charge in [-0.25, -0.2) is 5.43 Å².